The van der Waals surface area contributed by atoms with Gasteiger partial charge >= 0.3 is 0 Å². The number of ether oxygens (including phenoxy) is 1. The predicted octanol–water partition coefficient (Wildman–Crippen LogP) is 3.11. The summed E-state index contributed by atoms with van der Waals surface area (Å²) in [6, 6.07) is 6.65. The maximum atomic E-state index is 12.8. The van der Waals surface area contributed by atoms with Crippen LogP contribution in [0.2, 0.25) is 0 Å². The van der Waals surface area contributed by atoms with Crippen LogP contribution in [-0.4, -0.2) is 38.1 Å². The second-order valence-corrected chi connectivity index (χ2v) is 8.90. The lowest BCUT2D eigenvalue weighted by molar-refractivity contribution is 0.331. The molecule has 0 amide bonds. The molecule has 3 rings (SSSR count). The van der Waals surface area contributed by atoms with Crippen molar-refractivity contribution < 1.29 is 13.2 Å². The zero-order valence-corrected chi connectivity index (χ0v) is 17.6. The molecule has 7 nitrogen and oxygen atoms in total. The van der Waals surface area contributed by atoms with Gasteiger partial charge in [-0.05, 0) is 50.5 Å². The minimum absolute atomic E-state index is 0.0871. The van der Waals surface area contributed by atoms with E-state index >= 15 is 0 Å². The van der Waals surface area contributed by atoms with E-state index in [-0.39, 0.29) is 11.4 Å². The number of nitrogens with zero attached hydrogens (tertiary/aromatic N) is 3. The van der Waals surface area contributed by atoms with Gasteiger partial charge in [-0.25, -0.2) is 23.1 Å². The Bertz CT molecular complexity index is 886. The smallest absolute Gasteiger partial charge is 0.244 e. The third-order valence-corrected chi connectivity index (χ3v) is 6.19. The number of hydrogen-bond donors (Lipinski definition) is 1. The van der Waals surface area contributed by atoms with Gasteiger partial charge in [0.25, 0.3) is 0 Å². The van der Waals surface area contributed by atoms with Crippen LogP contribution in [0.15, 0.2) is 39.8 Å². The van der Waals surface area contributed by atoms with Gasteiger partial charge in [-0.3, -0.25) is 0 Å². The van der Waals surface area contributed by atoms with E-state index in [1.165, 1.54) is 12.5 Å². The van der Waals surface area contributed by atoms with Crippen LogP contribution in [0.4, 0.5) is 5.95 Å². The molecule has 1 N–H and O–H groups in total. The first-order valence-corrected chi connectivity index (χ1v) is 11.3. The lowest BCUT2D eigenvalue weighted by Crippen LogP contribution is -2.31. The summed E-state index contributed by atoms with van der Waals surface area (Å²) in [6.07, 6.45) is 5.16. The van der Waals surface area contributed by atoms with Gasteiger partial charge in [0.15, 0.2) is 0 Å². The highest BCUT2D eigenvalue weighted by Gasteiger charge is 2.21. The van der Waals surface area contributed by atoms with E-state index < -0.39 is 10.0 Å². The van der Waals surface area contributed by atoms with Gasteiger partial charge in [0.1, 0.15) is 10.6 Å². The first-order valence-electron chi connectivity index (χ1n) is 8.98. The first-order chi connectivity index (χ1) is 13.0. The van der Waals surface area contributed by atoms with Gasteiger partial charge in [0, 0.05) is 23.8 Å². The average Bonchev–Trinajstić information content (AvgIpc) is 2.69. The summed E-state index contributed by atoms with van der Waals surface area (Å²) in [5, 5.41) is 0. The molecule has 0 bridgehead atoms. The summed E-state index contributed by atoms with van der Waals surface area (Å²) < 4.78 is 34.3. The quantitative estimate of drug-likeness (QED) is 0.691. The van der Waals surface area contributed by atoms with Crippen LogP contribution in [0.5, 0.6) is 5.75 Å². The van der Waals surface area contributed by atoms with Crippen molar-refractivity contribution in [2.24, 2.45) is 0 Å². The maximum absolute atomic E-state index is 12.8. The Labute approximate surface area is 168 Å². The Morgan fingerprint density at radius 3 is 2.74 bits per heavy atom. The highest BCUT2D eigenvalue weighted by Crippen LogP contribution is 2.27. The molecule has 0 saturated carbocycles. The van der Waals surface area contributed by atoms with Crippen molar-refractivity contribution in [3.63, 3.8) is 0 Å². The number of halogens is 1. The molecular formula is C18H23BrN4O3S. The lowest BCUT2D eigenvalue weighted by Gasteiger charge is -2.26. The van der Waals surface area contributed by atoms with E-state index in [0.29, 0.717) is 28.5 Å². The zero-order valence-electron chi connectivity index (χ0n) is 15.2. The molecule has 2 heterocycles. The van der Waals surface area contributed by atoms with Gasteiger partial charge in [0.05, 0.1) is 18.8 Å². The molecule has 1 fully saturated rings. The third kappa shape index (κ3) is 5.18. The topological polar surface area (TPSA) is 84.4 Å². The number of benzene rings is 1. The molecule has 1 aliphatic heterocycles. The Morgan fingerprint density at radius 2 is 2.00 bits per heavy atom. The SMILES string of the molecule is CCOc1ccc(Br)cc1S(=O)(=O)NCc1ccnc(N2CCCCC2)n1. The number of piperidine rings is 1. The van der Waals surface area contributed by atoms with Gasteiger partial charge in [-0.15, -0.1) is 0 Å². The molecule has 27 heavy (non-hydrogen) atoms. The number of nitrogens with one attached hydrogen (secondary N) is 1. The number of aromatic nitrogens is 2. The summed E-state index contributed by atoms with van der Waals surface area (Å²) in [4.78, 5) is 11.1. The minimum Gasteiger partial charge on any atom is -0.492 e. The number of anilines is 1. The fourth-order valence-corrected chi connectivity index (χ4v) is 4.62. The van der Waals surface area contributed by atoms with Crippen molar-refractivity contribution >= 4 is 31.9 Å². The van der Waals surface area contributed by atoms with Crippen LogP contribution >= 0.6 is 15.9 Å². The van der Waals surface area contributed by atoms with Gasteiger partial charge in [0.2, 0.25) is 16.0 Å². The van der Waals surface area contributed by atoms with E-state index in [1.807, 2.05) is 6.92 Å². The van der Waals surface area contributed by atoms with Gasteiger partial charge in [-0.2, -0.15) is 0 Å². The Balaban J connectivity index is 1.75. The van der Waals surface area contributed by atoms with Crippen LogP contribution < -0.4 is 14.4 Å². The number of hydrogen-bond acceptors (Lipinski definition) is 6. The lowest BCUT2D eigenvalue weighted by atomic mass is 10.1. The molecule has 0 atom stereocenters. The van der Waals surface area contributed by atoms with Crippen LogP contribution in [0.1, 0.15) is 31.9 Å². The van der Waals surface area contributed by atoms with Crippen molar-refractivity contribution in [3.8, 4) is 5.75 Å². The molecule has 146 valence electrons. The normalized spacial score (nSPS) is 15.0. The average molecular weight is 455 g/mol. The molecule has 9 heteroatoms. The molecule has 1 aromatic carbocycles. The molecule has 0 unspecified atom stereocenters. The van der Waals surface area contributed by atoms with Crippen LogP contribution in [-0.2, 0) is 16.6 Å². The summed E-state index contributed by atoms with van der Waals surface area (Å²) >= 11 is 3.32. The summed E-state index contributed by atoms with van der Waals surface area (Å²) in [5.41, 5.74) is 0.627. The van der Waals surface area contributed by atoms with E-state index in [9.17, 15) is 8.42 Å². The Kier molecular flexibility index (Phi) is 6.67. The second-order valence-electron chi connectivity index (χ2n) is 6.24. The van der Waals surface area contributed by atoms with E-state index in [2.05, 4.69) is 35.5 Å². The van der Waals surface area contributed by atoms with E-state index in [1.54, 1.807) is 24.4 Å². The second kappa shape index (κ2) is 8.99. The first kappa shape index (κ1) is 20.0. The van der Waals surface area contributed by atoms with Crippen molar-refractivity contribution in [3.05, 3.63) is 40.6 Å². The monoisotopic (exact) mass is 454 g/mol. The number of sulfonamides is 1. The highest BCUT2D eigenvalue weighted by atomic mass is 79.9. The molecule has 1 saturated heterocycles. The molecule has 0 radical (unpaired) electrons. The molecule has 0 aliphatic carbocycles. The predicted molar refractivity (Wildman–Crippen MR) is 107 cm³/mol. The fraction of sp³-hybridized carbons (Fsp3) is 0.444. The van der Waals surface area contributed by atoms with Crippen molar-refractivity contribution in [1.29, 1.82) is 0 Å². The summed E-state index contributed by atoms with van der Waals surface area (Å²) in [6.45, 7) is 4.16. The maximum Gasteiger partial charge on any atom is 0.244 e. The highest BCUT2D eigenvalue weighted by molar-refractivity contribution is 9.10. The van der Waals surface area contributed by atoms with Crippen LogP contribution in [0.3, 0.4) is 0 Å². The molecule has 1 aliphatic rings. The third-order valence-electron chi connectivity index (χ3n) is 4.28. The molecule has 1 aromatic heterocycles. The minimum atomic E-state index is -3.75. The summed E-state index contributed by atoms with van der Waals surface area (Å²) in [5.74, 6) is 0.980. The Morgan fingerprint density at radius 1 is 1.22 bits per heavy atom. The van der Waals surface area contributed by atoms with Gasteiger partial charge in [-0.1, -0.05) is 15.9 Å². The molecule has 0 spiro atoms. The number of rotatable bonds is 7. The van der Waals surface area contributed by atoms with Crippen molar-refractivity contribution in [2.75, 3.05) is 24.6 Å². The summed E-state index contributed by atoms with van der Waals surface area (Å²) in [7, 11) is -3.75. The van der Waals surface area contributed by atoms with Crippen LogP contribution in [0, 0.1) is 0 Å². The molecule has 2 aromatic rings. The van der Waals surface area contributed by atoms with Crippen molar-refractivity contribution in [1.82, 2.24) is 14.7 Å². The van der Waals surface area contributed by atoms with Gasteiger partial charge < -0.3 is 9.64 Å². The van der Waals surface area contributed by atoms with E-state index in [4.69, 9.17) is 4.74 Å². The largest absolute Gasteiger partial charge is 0.492 e. The fourth-order valence-electron chi connectivity index (χ4n) is 2.94. The Hall–Kier alpha value is -1.71. The van der Waals surface area contributed by atoms with E-state index in [0.717, 1.165) is 25.9 Å². The zero-order chi connectivity index (χ0) is 19.3. The standard InChI is InChI=1S/C18H23BrN4O3S/c1-2-26-16-7-6-14(19)12-17(16)27(24,25)21-13-15-8-9-20-18(22-15)23-10-4-3-5-11-23/h6-9,12,21H,2-5,10-11,13H2,1H3. The van der Waals surface area contributed by atoms with Crippen molar-refractivity contribution in [2.45, 2.75) is 37.6 Å². The molecular weight excluding hydrogens is 432 g/mol. The van der Waals surface area contributed by atoms with Crippen LogP contribution in [0.25, 0.3) is 0 Å².